The van der Waals surface area contributed by atoms with Gasteiger partial charge in [0, 0.05) is 31.7 Å². The number of rotatable bonds is 3. The van der Waals surface area contributed by atoms with Crippen molar-refractivity contribution in [3.8, 4) is 0 Å². The maximum Gasteiger partial charge on any atom is 0.115 e. The van der Waals surface area contributed by atoms with Crippen molar-refractivity contribution >= 4 is 0 Å². The van der Waals surface area contributed by atoms with Gasteiger partial charge >= 0.3 is 0 Å². The predicted molar refractivity (Wildman–Crippen MR) is 81.9 cm³/mol. The Hall–Kier alpha value is -1.85. The first-order valence-electron chi connectivity index (χ1n) is 7.91. The van der Waals surface area contributed by atoms with Crippen LogP contribution in [0.2, 0.25) is 0 Å². The van der Waals surface area contributed by atoms with E-state index in [1.165, 1.54) is 12.0 Å². The Bertz CT molecular complexity index is 607. The lowest BCUT2D eigenvalue weighted by Gasteiger charge is -2.33. The third-order valence-electron chi connectivity index (χ3n) is 4.70. The van der Waals surface area contributed by atoms with E-state index in [1.807, 2.05) is 24.5 Å². The molecule has 2 aliphatic rings. The third kappa shape index (κ3) is 2.87. The molecule has 0 N–H and O–H groups in total. The van der Waals surface area contributed by atoms with Crippen molar-refractivity contribution in [1.29, 1.82) is 0 Å². The second kappa shape index (κ2) is 6.10. The zero-order chi connectivity index (χ0) is 14.8. The maximum atomic E-state index is 6.27. The van der Waals surface area contributed by atoms with Gasteiger partial charge in [0.2, 0.25) is 0 Å². The van der Waals surface area contributed by atoms with E-state index in [2.05, 4.69) is 25.9 Å². The molecule has 0 aliphatic carbocycles. The van der Waals surface area contributed by atoms with Crippen LogP contribution in [0.1, 0.15) is 30.2 Å². The minimum absolute atomic E-state index is 0.136. The zero-order valence-electron chi connectivity index (χ0n) is 12.5. The van der Waals surface area contributed by atoms with Crippen LogP contribution in [0.5, 0.6) is 0 Å². The minimum Gasteiger partial charge on any atom is -0.367 e. The predicted octanol–water partition coefficient (Wildman–Crippen LogP) is 2.22. The lowest BCUT2D eigenvalue weighted by molar-refractivity contribution is -0.0107. The Labute approximate surface area is 130 Å². The van der Waals surface area contributed by atoms with Gasteiger partial charge in [-0.1, -0.05) is 6.07 Å². The van der Waals surface area contributed by atoms with Crippen LogP contribution in [0.25, 0.3) is 0 Å². The molecule has 114 valence electrons. The molecule has 0 bridgehead atoms. The van der Waals surface area contributed by atoms with Gasteiger partial charge in [0.15, 0.2) is 0 Å². The Morgan fingerprint density at radius 3 is 3.05 bits per heavy atom. The van der Waals surface area contributed by atoms with Gasteiger partial charge in [-0.25, -0.2) is 9.97 Å². The molecule has 22 heavy (non-hydrogen) atoms. The van der Waals surface area contributed by atoms with Gasteiger partial charge in [-0.2, -0.15) is 0 Å². The summed E-state index contributed by atoms with van der Waals surface area (Å²) >= 11 is 0. The number of aromatic nitrogens is 3. The largest absolute Gasteiger partial charge is 0.367 e. The van der Waals surface area contributed by atoms with Gasteiger partial charge in [0.05, 0.1) is 11.8 Å². The second-order valence-electron chi connectivity index (χ2n) is 6.18. The van der Waals surface area contributed by atoms with Gasteiger partial charge in [0.25, 0.3) is 0 Å². The summed E-state index contributed by atoms with van der Waals surface area (Å²) in [4.78, 5) is 15.0. The molecular formula is C17H20N4O. The molecule has 4 rings (SSSR count). The van der Waals surface area contributed by atoms with E-state index in [9.17, 15) is 0 Å². The molecule has 2 saturated heterocycles. The normalized spacial score (nSPS) is 28.5. The standard InChI is InChI=1S/C17H20N4O/c1-2-13(9-18-5-1)10-21-7-4-14-8-16(22-17(14)11-21)15-3-6-19-12-20-15/h1-3,5-6,9,12,14,16-17H,4,7-8,10-11H2/t14-,16+,17+/m1/s1. The summed E-state index contributed by atoms with van der Waals surface area (Å²) in [6.45, 7) is 3.09. The number of nitrogens with zero attached hydrogens (tertiary/aromatic N) is 4. The van der Waals surface area contributed by atoms with Crippen molar-refractivity contribution < 1.29 is 4.74 Å². The van der Waals surface area contributed by atoms with Crippen molar-refractivity contribution in [3.05, 3.63) is 54.4 Å². The Kier molecular flexibility index (Phi) is 3.83. The number of pyridine rings is 1. The highest BCUT2D eigenvalue weighted by Crippen LogP contribution is 2.40. The Balaban J connectivity index is 1.39. The molecule has 0 amide bonds. The van der Waals surface area contributed by atoms with Gasteiger partial charge < -0.3 is 4.74 Å². The third-order valence-corrected chi connectivity index (χ3v) is 4.70. The van der Waals surface area contributed by atoms with E-state index in [0.717, 1.165) is 31.7 Å². The molecular weight excluding hydrogens is 276 g/mol. The number of hydrogen-bond donors (Lipinski definition) is 0. The van der Waals surface area contributed by atoms with Gasteiger partial charge in [-0.05, 0) is 43.0 Å². The molecule has 2 aliphatic heterocycles. The number of ether oxygens (including phenoxy) is 1. The average Bonchev–Trinajstić information content (AvgIpc) is 3.00. The van der Waals surface area contributed by atoms with E-state index < -0.39 is 0 Å². The SMILES string of the molecule is c1cncc(CN2CC[C@@H]3C[C@@H](c4ccncn4)O[C@H]3C2)c1. The zero-order valence-corrected chi connectivity index (χ0v) is 12.5. The molecule has 0 unspecified atom stereocenters. The monoisotopic (exact) mass is 296 g/mol. The topological polar surface area (TPSA) is 51.1 Å². The van der Waals surface area contributed by atoms with Crippen LogP contribution < -0.4 is 0 Å². The Morgan fingerprint density at radius 1 is 1.23 bits per heavy atom. The molecule has 4 heterocycles. The summed E-state index contributed by atoms with van der Waals surface area (Å²) < 4.78 is 6.27. The van der Waals surface area contributed by atoms with E-state index in [-0.39, 0.29) is 6.10 Å². The fourth-order valence-corrected chi connectivity index (χ4v) is 3.57. The summed E-state index contributed by atoms with van der Waals surface area (Å²) in [5.41, 5.74) is 2.29. The first-order chi connectivity index (χ1) is 10.9. The number of fused-ring (bicyclic) bond motifs is 1. The van der Waals surface area contributed by atoms with E-state index in [0.29, 0.717) is 12.0 Å². The Morgan fingerprint density at radius 2 is 2.23 bits per heavy atom. The first-order valence-corrected chi connectivity index (χ1v) is 7.91. The molecule has 5 nitrogen and oxygen atoms in total. The number of likely N-dealkylation sites (tertiary alicyclic amines) is 1. The van der Waals surface area contributed by atoms with Crippen LogP contribution in [0, 0.1) is 5.92 Å². The molecule has 3 atom stereocenters. The maximum absolute atomic E-state index is 6.27. The van der Waals surface area contributed by atoms with Crippen LogP contribution in [-0.4, -0.2) is 39.0 Å². The second-order valence-corrected chi connectivity index (χ2v) is 6.18. The van der Waals surface area contributed by atoms with Crippen LogP contribution in [0.15, 0.2) is 43.1 Å². The lowest BCUT2D eigenvalue weighted by Crippen LogP contribution is -2.41. The lowest BCUT2D eigenvalue weighted by atomic mass is 9.91. The molecule has 2 aromatic rings. The highest BCUT2D eigenvalue weighted by atomic mass is 16.5. The fourth-order valence-electron chi connectivity index (χ4n) is 3.57. The summed E-state index contributed by atoms with van der Waals surface area (Å²) in [5, 5.41) is 0. The minimum atomic E-state index is 0.136. The molecule has 0 radical (unpaired) electrons. The van der Waals surface area contributed by atoms with Crippen LogP contribution in [-0.2, 0) is 11.3 Å². The summed E-state index contributed by atoms with van der Waals surface area (Å²) in [7, 11) is 0. The van der Waals surface area contributed by atoms with Crippen molar-refractivity contribution in [1.82, 2.24) is 19.9 Å². The van der Waals surface area contributed by atoms with Crippen LogP contribution in [0.3, 0.4) is 0 Å². The van der Waals surface area contributed by atoms with Crippen LogP contribution in [0.4, 0.5) is 0 Å². The van der Waals surface area contributed by atoms with Crippen molar-refractivity contribution in [2.24, 2.45) is 5.92 Å². The van der Waals surface area contributed by atoms with Crippen molar-refractivity contribution in [3.63, 3.8) is 0 Å². The van der Waals surface area contributed by atoms with E-state index in [4.69, 9.17) is 4.74 Å². The van der Waals surface area contributed by atoms with Gasteiger partial charge in [-0.15, -0.1) is 0 Å². The number of hydrogen-bond acceptors (Lipinski definition) is 5. The first kappa shape index (κ1) is 13.8. The van der Waals surface area contributed by atoms with Gasteiger partial charge in [0.1, 0.15) is 12.4 Å². The smallest absolute Gasteiger partial charge is 0.115 e. The van der Waals surface area contributed by atoms with E-state index in [1.54, 1.807) is 12.5 Å². The quantitative estimate of drug-likeness (QED) is 0.869. The fraction of sp³-hybridized carbons (Fsp3) is 0.471. The summed E-state index contributed by atoms with van der Waals surface area (Å²) in [6.07, 6.45) is 9.92. The van der Waals surface area contributed by atoms with Crippen LogP contribution >= 0.6 is 0 Å². The molecule has 2 fully saturated rings. The highest BCUT2D eigenvalue weighted by Gasteiger charge is 2.39. The van der Waals surface area contributed by atoms with Crippen molar-refractivity contribution in [2.45, 2.75) is 31.6 Å². The highest BCUT2D eigenvalue weighted by molar-refractivity contribution is 5.09. The molecule has 0 aromatic carbocycles. The average molecular weight is 296 g/mol. The summed E-state index contributed by atoms with van der Waals surface area (Å²) in [6, 6.07) is 6.10. The van der Waals surface area contributed by atoms with E-state index >= 15 is 0 Å². The number of piperidine rings is 1. The summed E-state index contributed by atoms with van der Waals surface area (Å²) in [5.74, 6) is 0.658. The van der Waals surface area contributed by atoms with Crippen molar-refractivity contribution in [2.75, 3.05) is 13.1 Å². The molecule has 0 saturated carbocycles. The molecule has 5 heteroatoms. The van der Waals surface area contributed by atoms with Gasteiger partial charge in [-0.3, -0.25) is 9.88 Å². The molecule has 0 spiro atoms. The molecule has 2 aromatic heterocycles.